The quantitative estimate of drug-likeness (QED) is 0.769. The molecular formula is C14H15N5O. The lowest BCUT2D eigenvalue weighted by molar-refractivity contribution is 0.416. The number of aromatic nitrogens is 4. The Hall–Kier alpha value is -2.63. The van der Waals surface area contributed by atoms with E-state index < -0.39 is 0 Å². The summed E-state index contributed by atoms with van der Waals surface area (Å²) in [5, 5.41) is 4.27. The molecule has 2 heterocycles. The van der Waals surface area contributed by atoms with Gasteiger partial charge in [0.1, 0.15) is 17.4 Å². The minimum Gasteiger partial charge on any atom is -0.496 e. The number of para-hydroxylation sites is 1. The molecule has 102 valence electrons. The largest absolute Gasteiger partial charge is 0.496 e. The van der Waals surface area contributed by atoms with Crippen LogP contribution < -0.4 is 10.5 Å². The average molecular weight is 269 g/mol. The van der Waals surface area contributed by atoms with Crippen molar-refractivity contribution in [2.45, 2.75) is 13.8 Å². The highest BCUT2D eigenvalue weighted by Gasteiger charge is 2.17. The normalized spacial score (nSPS) is 10.9. The average Bonchev–Trinajstić information content (AvgIpc) is 2.80. The molecule has 0 saturated heterocycles. The van der Waals surface area contributed by atoms with Crippen molar-refractivity contribution in [1.82, 2.24) is 19.6 Å². The zero-order chi connectivity index (χ0) is 14.3. The maximum atomic E-state index is 6.25. The van der Waals surface area contributed by atoms with Gasteiger partial charge in [0, 0.05) is 11.1 Å². The number of ether oxygens (including phenoxy) is 1. The molecule has 0 spiro atoms. The molecule has 0 bridgehead atoms. The van der Waals surface area contributed by atoms with E-state index in [-0.39, 0.29) is 0 Å². The fraction of sp³-hybridized carbons (Fsp3) is 0.214. The van der Waals surface area contributed by atoms with Crippen LogP contribution in [0.4, 0.5) is 5.82 Å². The minimum absolute atomic E-state index is 0.510. The van der Waals surface area contributed by atoms with Gasteiger partial charge in [0.2, 0.25) is 0 Å². The number of hydrogen-bond donors (Lipinski definition) is 1. The Morgan fingerprint density at radius 1 is 1.15 bits per heavy atom. The Kier molecular flexibility index (Phi) is 2.78. The fourth-order valence-corrected chi connectivity index (χ4v) is 2.32. The van der Waals surface area contributed by atoms with Crippen LogP contribution in [0.25, 0.3) is 16.9 Å². The molecule has 0 unspecified atom stereocenters. The number of hydrogen-bond acceptors (Lipinski definition) is 5. The van der Waals surface area contributed by atoms with Crippen LogP contribution in [-0.2, 0) is 0 Å². The zero-order valence-corrected chi connectivity index (χ0v) is 11.6. The summed E-state index contributed by atoms with van der Waals surface area (Å²) in [6, 6.07) is 7.70. The fourth-order valence-electron chi connectivity index (χ4n) is 2.32. The van der Waals surface area contributed by atoms with E-state index in [0.29, 0.717) is 17.4 Å². The monoisotopic (exact) mass is 269 g/mol. The molecule has 0 aliphatic rings. The molecule has 2 N–H and O–H groups in total. The lowest BCUT2D eigenvalue weighted by Gasteiger charge is -2.13. The molecule has 0 fully saturated rings. The van der Waals surface area contributed by atoms with Gasteiger partial charge in [-0.3, -0.25) is 0 Å². The van der Waals surface area contributed by atoms with E-state index in [0.717, 1.165) is 22.6 Å². The maximum absolute atomic E-state index is 6.25. The number of nitrogen functional groups attached to an aromatic ring is 1. The first kappa shape index (κ1) is 12.4. The predicted molar refractivity (Wildman–Crippen MR) is 76.7 cm³/mol. The van der Waals surface area contributed by atoms with E-state index in [1.807, 2.05) is 38.1 Å². The summed E-state index contributed by atoms with van der Waals surface area (Å²) in [5.74, 6) is 2.41. The zero-order valence-electron chi connectivity index (χ0n) is 11.6. The highest BCUT2D eigenvalue weighted by molar-refractivity contribution is 5.81. The van der Waals surface area contributed by atoms with E-state index in [1.54, 1.807) is 11.6 Å². The highest BCUT2D eigenvalue weighted by atomic mass is 16.5. The molecule has 2 aromatic heterocycles. The van der Waals surface area contributed by atoms with Gasteiger partial charge in [-0.05, 0) is 19.9 Å². The van der Waals surface area contributed by atoms with Crippen LogP contribution in [0.3, 0.4) is 0 Å². The van der Waals surface area contributed by atoms with E-state index >= 15 is 0 Å². The molecule has 3 rings (SSSR count). The third-order valence-electron chi connectivity index (χ3n) is 3.19. The van der Waals surface area contributed by atoms with Crippen LogP contribution in [0, 0.1) is 13.8 Å². The second kappa shape index (κ2) is 4.48. The molecule has 6 heteroatoms. The number of fused-ring (bicyclic) bond motifs is 1. The van der Waals surface area contributed by atoms with Crippen molar-refractivity contribution in [3.8, 4) is 16.9 Å². The summed E-state index contributed by atoms with van der Waals surface area (Å²) in [5.41, 5.74) is 8.77. The van der Waals surface area contributed by atoms with E-state index in [1.165, 1.54) is 0 Å². The number of benzene rings is 1. The Morgan fingerprint density at radius 3 is 2.65 bits per heavy atom. The summed E-state index contributed by atoms with van der Waals surface area (Å²) in [6.07, 6.45) is 0. The lowest BCUT2D eigenvalue weighted by atomic mass is 10.0. The number of anilines is 1. The van der Waals surface area contributed by atoms with E-state index in [2.05, 4.69) is 15.1 Å². The second-order valence-electron chi connectivity index (χ2n) is 4.53. The summed E-state index contributed by atoms with van der Waals surface area (Å²) in [6.45, 7) is 3.72. The Balaban J connectivity index is 2.35. The van der Waals surface area contributed by atoms with Gasteiger partial charge >= 0.3 is 0 Å². The summed E-state index contributed by atoms with van der Waals surface area (Å²) >= 11 is 0. The van der Waals surface area contributed by atoms with Crippen molar-refractivity contribution in [3.63, 3.8) is 0 Å². The molecule has 0 saturated carbocycles. The van der Waals surface area contributed by atoms with Gasteiger partial charge in [0.05, 0.1) is 12.8 Å². The van der Waals surface area contributed by atoms with Gasteiger partial charge in [-0.1, -0.05) is 18.2 Å². The molecule has 20 heavy (non-hydrogen) atoms. The molecule has 0 aliphatic heterocycles. The first-order valence-electron chi connectivity index (χ1n) is 6.24. The number of aryl methyl sites for hydroxylation is 2. The van der Waals surface area contributed by atoms with Crippen LogP contribution in [0.5, 0.6) is 5.75 Å². The van der Waals surface area contributed by atoms with Gasteiger partial charge in [0.15, 0.2) is 0 Å². The molecule has 1 aromatic carbocycles. The number of nitrogens with zero attached hydrogens (tertiary/aromatic N) is 4. The molecule has 0 aliphatic carbocycles. The SMILES string of the molecule is COc1ccccc1-c1c(C)nc2nc(C)nn2c1N. The lowest BCUT2D eigenvalue weighted by Crippen LogP contribution is -2.06. The van der Waals surface area contributed by atoms with Crippen molar-refractivity contribution < 1.29 is 4.74 Å². The van der Waals surface area contributed by atoms with Crippen LogP contribution >= 0.6 is 0 Å². The number of rotatable bonds is 2. The molecule has 0 atom stereocenters. The summed E-state index contributed by atoms with van der Waals surface area (Å²) in [4.78, 5) is 8.70. The third kappa shape index (κ3) is 1.77. The van der Waals surface area contributed by atoms with Crippen LogP contribution in [-0.4, -0.2) is 26.7 Å². The first-order chi connectivity index (χ1) is 9.61. The van der Waals surface area contributed by atoms with Crippen molar-refractivity contribution in [2.24, 2.45) is 0 Å². The maximum Gasteiger partial charge on any atom is 0.254 e. The molecule has 6 nitrogen and oxygen atoms in total. The van der Waals surface area contributed by atoms with Gasteiger partial charge in [-0.15, -0.1) is 5.10 Å². The predicted octanol–water partition coefficient (Wildman–Crippen LogP) is 2.00. The highest BCUT2D eigenvalue weighted by Crippen LogP contribution is 2.35. The Bertz CT molecular complexity index is 794. The first-order valence-corrected chi connectivity index (χ1v) is 6.24. The molecule has 0 amide bonds. The Labute approximate surface area is 116 Å². The Morgan fingerprint density at radius 2 is 1.90 bits per heavy atom. The molecule has 0 radical (unpaired) electrons. The number of nitrogens with two attached hydrogens (primary N) is 1. The van der Waals surface area contributed by atoms with Gasteiger partial charge in [-0.2, -0.15) is 9.50 Å². The van der Waals surface area contributed by atoms with E-state index in [9.17, 15) is 0 Å². The van der Waals surface area contributed by atoms with Crippen molar-refractivity contribution in [2.75, 3.05) is 12.8 Å². The molecule has 3 aromatic rings. The van der Waals surface area contributed by atoms with Crippen LogP contribution in [0.2, 0.25) is 0 Å². The van der Waals surface area contributed by atoms with Crippen molar-refractivity contribution in [3.05, 3.63) is 35.8 Å². The van der Waals surface area contributed by atoms with Crippen LogP contribution in [0.15, 0.2) is 24.3 Å². The van der Waals surface area contributed by atoms with E-state index in [4.69, 9.17) is 10.5 Å². The van der Waals surface area contributed by atoms with Gasteiger partial charge < -0.3 is 10.5 Å². The van der Waals surface area contributed by atoms with Crippen molar-refractivity contribution >= 4 is 11.6 Å². The summed E-state index contributed by atoms with van der Waals surface area (Å²) < 4.78 is 6.96. The standard InChI is InChI=1S/C14H15N5O/c1-8-12(10-6-4-5-7-11(10)20-3)13(15)19-14(16-8)17-9(2)18-19/h4-7H,15H2,1-3H3. The molecular weight excluding hydrogens is 254 g/mol. The van der Waals surface area contributed by atoms with Gasteiger partial charge in [0.25, 0.3) is 5.78 Å². The van der Waals surface area contributed by atoms with Gasteiger partial charge in [-0.25, -0.2) is 4.98 Å². The second-order valence-corrected chi connectivity index (χ2v) is 4.53. The summed E-state index contributed by atoms with van der Waals surface area (Å²) in [7, 11) is 1.63. The number of methoxy groups -OCH3 is 1. The van der Waals surface area contributed by atoms with Crippen LogP contribution in [0.1, 0.15) is 11.5 Å². The van der Waals surface area contributed by atoms with Crippen molar-refractivity contribution in [1.29, 1.82) is 0 Å². The smallest absolute Gasteiger partial charge is 0.254 e. The topological polar surface area (TPSA) is 78.3 Å². The third-order valence-corrected chi connectivity index (χ3v) is 3.19. The minimum atomic E-state index is 0.510.